The van der Waals surface area contributed by atoms with Gasteiger partial charge >= 0.3 is 0 Å². The van der Waals surface area contributed by atoms with Crippen LogP contribution in [-0.2, 0) is 10.5 Å². The minimum Gasteiger partial charge on any atom is -0.328 e. The molecule has 1 aliphatic rings. The van der Waals surface area contributed by atoms with Crippen LogP contribution >= 0.6 is 50.9 Å². The van der Waals surface area contributed by atoms with Crippen molar-refractivity contribution in [2.45, 2.75) is 23.9 Å². The van der Waals surface area contributed by atoms with Crippen LogP contribution in [0, 0.1) is 0 Å². The smallest absolute Gasteiger partial charge is 0.255 e. The van der Waals surface area contributed by atoms with E-state index in [1.165, 1.54) is 11.8 Å². The molecule has 1 atom stereocenters. The van der Waals surface area contributed by atoms with Gasteiger partial charge in [0.15, 0.2) is 0 Å². The average molecular weight is 601 g/mol. The first-order valence-electron chi connectivity index (χ1n) is 11.0. The molecule has 182 valence electrons. The van der Waals surface area contributed by atoms with E-state index in [-0.39, 0.29) is 5.91 Å². The van der Waals surface area contributed by atoms with Crippen LogP contribution in [-0.4, -0.2) is 20.7 Å². The molecule has 2 heterocycles. The highest BCUT2D eigenvalue weighted by Gasteiger charge is 2.34. The van der Waals surface area contributed by atoms with E-state index in [0.717, 1.165) is 15.6 Å². The quantitative estimate of drug-likeness (QED) is 0.223. The van der Waals surface area contributed by atoms with Gasteiger partial charge in [0, 0.05) is 31.7 Å². The largest absolute Gasteiger partial charge is 0.328 e. The highest BCUT2D eigenvalue weighted by atomic mass is 79.9. The lowest BCUT2D eigenvalue weighted by atomic mass is 9.95. The van der Waals surface area contributed by atoms with Crippen LogP contribution in [0.5, 0.6) is 0 Å². The number of allylic oxidation sites excluding steroid dienone is 1. The first kappa shape index (κ1) is 24.9. The Kier molecular flexibility index (Phi) is 7.39. The van der Waals surface area contributed by atoms with Gasteiger partial charge in [0.25, 0.3) is 5.91 Å². The normalized spacial score (nSPS) is 14.8. The number of rotatable bonds is 6. The second-order valence-corrected chi connectivity index (χ2v) is 10.9. The Bertz CT molecular complexity index is 1440. The molecule has 4 aromatic rings. The fraction of sp³-hybridized carbons (Fsp3) is 0.115. The van der Waals surface area contributed by atoms with Gasteiger partial charge in [-0.05, 0) is 66.6 Å². The second kappa shape index (κ2) is 10.7. The molecule has 2 N–H and O–H groups in total. The molecule has 36 heavy (non-hydrogen) atoms. The topological polar surface area (TPSA) is 71.8 Å². The Hall–Kier alpha value is -2.78. The van der Waals surface area contributed by atoms with Crippen molar-refractivity contribution in [3.8, 4) is 0 Å². The fourth-order valence-electron chi connectivity index (χ4n) is 3.90. The maximum Gasteiger partial charge on any atom is 0.255 e. The van der Waals surface area contributed by atoms with E-state index in [1.807, 2.05) is 55.5 Å². The van der Waals surface area contributed by atoms with E-state index in [2.05, 4.69) is 26.6 Å². The number of aromatic nitrogens is 3. The van der Waals surface area contributed by atoms with Gasteiger partial charge in [-0.2, -0.15) is 4.98 Å². The van der Waals surface area contributed by atoms with Crippen LogP contribution in [0.25, 0.3) is 0 Å². The first-order valence-corrected chi connectivity index (χ1v) is 13.5. The lowest BCUT2D eigenvalue weighted by Gasteiger charge is -2.28. The molecular weight excluding hydrogens is 581 g/mol. The molecule has 3 aromatic carbocycles. The average Bonchev–Trinajstić information content (AvgIpc) is 3.27. The van der Waals surface area contributed by atoms with Crippen LogP contribution in [0.4, 0.5) is 11.6 Å². The van der Waals surface area contributed by atoms with Crippen molar-refractivity contribution < 1.29 is 4.79 Å². The minimum absolute atomic E-state index is 0.230. The van der Waals surface area contributed by atoms with E-state index in [4.69, 9.17) is 33.3 Å². The zero-order valence-corrected chi connectivity index (χ0v) is 22.9. The van der Waals surface area contributed by atoms with Crippen molar-refractivity contribution in [2.24, 2.45) is 0 Å². The predicted molar refractivity (Wildman–Crippen MR) is 150 cm³/mol. The van der Waals surface area contributed by atoms with Crippen molar-refractivity contribution in [3.63, 3.8) is 0 Å². The van der Waals surface area contributed by atoms with Gasteiger partial charge in [0.1, 0.15) is 6.04 Å². The molecular formula is C26H20BrCl2N5OS. The standard InChI is InChI=1S/C26H20BrCl2N5OS/c1-15-22(24(35)31-21-12-10-20(29)11-13-21)23(17-4-6-18(27)7-5-17)34-25(30-15)32-26(33-34)36-14-16-2-8-19(28)9-3-16/h2-13,23H,14H2,1H3,(H,31,35)(H,30,32,33). The number of hydrogen-bond acceptors (Lipinski definition) is 5. The van der Waals surface area contributed by atoms with Crippen LogP contribution in [0.1, 0.15) is 24.1 Å². The molecule has 0 bridgehead atoms. The van der Waals surface area contributed by atoms with Crippen molar-refractivity contribution in [3.05, 3.63) is 110 Å². The Morgan fingerprint density at radius 2 is 1.67 bits per heavy atom. The Labute approximate surface area is 231 Å². The third-order valence-electron chi connectivity index (χ3n) is 5.65. The number of hydrogen-bond donors (Lipinski definition) is 2. The summed E-state index contributed by atoms with van der Waals surface area (Å²) >= 11 is 17.0. The predicted octanol–water partition coefficient (Wildman–Crippen LogP) is 7.57. The summed E-state index contributed by atoms with van der Waals surface area (Å²) in [5, 5.41) is 13.0. The number of nitrogens with one attached hydrogen (secondary N) is 2. The summed E-state index contributed by atoms with van der Waals surface area (Å²) < 4.78 is 2.73. The Morgan fingerprint density at radius 1 is 1.03 bits per heavy atom. The number of fused-ring (bicyclic) bond motifs is 1. The zero-order chi connectivity index (χ0) is 25.2. The van der Waals surface area contributed by atoms with Gasteiger partial charge in [-0.1, -0.05) is 75.2 Å². The number of halogens is 3. The summed E-state index contributed by atoms with van der Waals surface area (Å²) in [4.78, 5) is 18.2. The molecule has 10 heteroatoms. The molecule has 0 saturated heterocycles. The molecule has 5 rings (SSSR count). The molecule has 0 radical (unpaired) electrons. The molecule has 1 amide bonds. The van der Waals surface area contributed by atoms with Crippen molar-refractivity contribution in [1.82, 2.24) is 14.8 Å². The number of nitrogens with zero attached hydrogens (tertiary/aromatic N) is 3. The SMILES string of the molecule is CC1=C(C(=O)Nc2ccc(Cl)cc2)C(c2ccc(Br)cc2)n2nc(SCc3ccc(Cl)cc3)nc2N1. The van der Waals surface area contributed by atoms with Gasteiger partial charge in [-0.25, -0.2) is 4.68 Å². The maximum absolute atomic E-state index is 13.5. The molecule has 0 aliphatic carbocycles. The minimum atomic E-state index is -0.459. The number of thioether (sulfide) groups is 1. The number of benzene rings is 3. The lowest BCUT2D eigenvalue weighted by Crippen LogP contribution is -2.31. The van der Waals surface area contributed by atoms with Crippen LogP contribution < -0.4 is 10.6 Å². The molecule has 1 aliphatic heterocycles. The van der Waals surface area contributed by atoms with E-state index in [0.29, 0.717) is 43.9 Å². The van der Waals surface area contributed by atoms with Gasteiger partial charge in [-0.15, -0.1) is 5.10 Å². The van der Waals surface area contributed by atoms with Gasteiger partial charge in [0.2, 0.25) is 11.1 Å². The summed E-state index contributed by atoms with van der Waals surface area (Å²) in [5.41, 5.74) is 3.96. The number of anilines is 2. The monoisotopic (exact) mass is 599 g/mol. The van der Waals surface area contributed by atoms with Crippen molar-refractivity contribution in [1.29, 1.82) is 0 Å². The van der Waals surface area contributed by atoms with E-state index in [1.54, 1.807) is 28.9 Å². The lowest BCUT2D eigenvalue weighted by molar-refractivity contribution is -0.113. The van der Waals surface area contributed by atoms with Gasteiger partial charge in [-0.3, -0.25) is 4.79 Å². The number of amides is 1. The van der Waals surface area contributed by atoms with E-state index >= 15 is 0 Å². The van der Waals surface area contributed by atoms with Crippen molar-refractivity contribution >= 4 is 68.4 Å². The summed E-state index contributed by atoms with van der Waals surface area (Å²) in [7, 11) is 0. The summed E-state index contributed by atoms with van der Waals surface area (Å²) in [6.45, 7) is 1.88. The highest BCUT2D eigenvalue weighted by Crippen LogP contribution is 2.37. The molecule has 0 saturated carbocycles. The molecule has 1 aromatic heterocycles. The third kappa shape index (κ3) is 5.47. The summed E-state index contributed by atoms with van der Waals surface area (Å²) in [6, 6.07) is 22.1. The maximum atomic E-state index is 13.5. The first-order chi connectivity index (χ1) is 17.4. The highest BCUT2D eigenvalue weighted by molar-refractivity contribution is 9.10. The van der Waals surface area contributed by atoms with Crippen molar-refractivity contribution in [2.75, 3.05) is 10.6 Å². The third-order valence-corrected chi connectivity index (χ3v) is 7.59. The van der Waals surface area contributed by atoms with E-state index in [9.17, 15) is 4.79 Å². The second-order valence-electron chi connectivity index (χ2n) is 8.16. The number of carbonyl (C=O) groups is 1. The molecule has 0 spiro atoms. The zero-order valence-electron chi connectivity index (χ0n) is 19.0. The van der Waals surface area contributed by atoms with Gasteiger partial charge < -0.3 is 10.6 Å². The summed E-state index contributed by atoms with van der Waals surface area (Å²) in [6.07, 6.45) is 0. The van der Waals surface area contributed by atoms with Gasteiger partial charge in [0.05, 0.1) is 5.57 Å². The van der Waals surface area contributed by atoms with Crippen LogP contribution in [0.3, 0.4) is 0 Å². The molecule has 6 nitrogen and oxygen atoms in total. The van der Waals surface area contributed by atoms with Crippen LogP contribution in [0.15, 0.2) is 93.7 Å². The molecule has 0 fully saturated rings. The number of carbonyl (C=O) groups excluding carboxylic acids is 1. The summed E-state index contributed by atoms with van der Waals surface area (Å²) in [5.74, 6) is 1.05. The van der Waals surface area contributed by atoms with Crippen LogP contribution in [0.2, 0.25) is 10.0 Å². The Balaban J connectivity index is 1.47. The molecule has 1 unspecified atom stereocenters. The Morgan fingerprint density at radius 3 is 2.33 bits per heavy atom. The fourth-order valence-corrected chi connectivity index (χ4v) is 5.20. The van der Waals surface area contributed by atoms with E-state index < -0.39 is 6.04 Å².